The Labute approximate surface area is 315 Å². The molecular formula is C40H61N3O8S. The molecule has 12 heteroatoms. The van der Waals surface area contributed by atoms with Crippen LogP contribution >= 0.6 is 12.6 Å². The van der Waals surface area contributed by atoms with E-state index in [2.05, 4.69) is 24.0 Å². The molecule has 0 radical (unpaired) electrons. The van der Waals surface area contributed by atoms with Crippen molar-refractivity contribution >= 4 is 42.2 Å². The summed E-state index contributed by atoms with van der Waals surface area (Å²) in [6, 6.07) is 3.21. The van der Waals surface area contributed by atoms with Crippen molar-refractivity contribution in [1.82, 2.24) is 10.2 Å². The second-order valence-electron chi connectivity index (χ2n) is 15.6. The van der Waals surface area contributed by atoms with Gasteiger partial charge in [0, 0.05) is 45.1 Å². The number of likely N-dealkylation sites (N-methyl/N-ethyl adjacent to an activating group) is 1. The fourth-order valence-electron chi connectivity index (χ4n) is 7.02. The number of thiol groups is 1. The number of amides is 3. The summed E-state index contributed by atoms with van der Waals surface area (Å²) in [5.74, 6) is -1.76. The van der Waals surface area contributed by atoms with Crippen LogP contribution in [0.1, 0.15) is 90.8 Å². The van der Waals surface area contributed by atoms with Crippen LogP contribution in [0.3, 0.4) is 0 Å². The van der Waals surface area contributed by atoms with Gasteiger partial charge in [-0.15, -0.1) is 0 Å². The van der Waals surface area contributed by atoms with E-state index in [1.54, 1.807) is 32.0 Å². The second kappa shape index (κ2) is 17.6. The Morgan fingerprint density at radius 1 is 1.17 bits per heavy atom. The van der Waals surface area contributed by atoms with Crippen LogP contribution in [0.2, 0.25) is 0 Å². The number of aliphatic hydroxyl groups is 1. The lowest BCUT2D eigenvalue weighted by molar-refractivity contribution is -0.170. The van der Waals surface area contributed by atoms with Gasteiger partial charge in [0.25, 0.3) is 0 Å². The number of nitrogens with zero attached hydrogens (tertiary/aromatic N) is 2. The van der Waals surface area contributed by atoms with Crippen LogP contribution < -0.4 is 10.2 Å². The number of carbonyl (C=O) groups is 4. The minimum absolute atomic E-state index is 0.0250. The summed E-state index contributed by atoms with van der Waals surface area (Å²) < 4.78 is 17.7. The minimum Gasteiger partial charge on any atom is -0.460 e. The van der Waals surface area contributed by atoms with Crippen molar-refractivity contribution in [3.8, 4) is 0 Å². The smallest absolute Gasteiger partial charge is 0.409 e. The van der Waals surface area contributed by atoms with Gasteiger partial charge in [-0.05, 0) is 80.4 Å². The fraction of sp³-hybridized carbons (Fsp3) is 0.650. The predicted octanol–water partition coefficient (Wildman–Crippen LogP) is 6.07. The van der Waals surface area contributed by atoms with Crippen molar-refractivity contribution in [3.05, 3.63) is 52.6 Å². The first-order valence-corrected chi connectivity index (χ1v) is 18.7. The van der Waals surface area contributed by atoms with Crippen LogP contribution in [-0.4, -0.2) is 90.4 Å². The summed E-state index contributed by atoms with van der Waals surface area (Å²) in [4.78, 5) is 57.0. The van der Waals surface area contributed by atoms with Crippen molar-refractivity contribution in [2.24, 2.45) is 17.3 Å². The molecule has 2 unspecified atom stereocenters. The molecule has 290 valence electrons. The van der Waals surface area contributed by atoms with Gasteiger partial charge < -0.3 is 29.1 Å². The SMILES string of the molecule is CO[C@@H]1/C=C/C=C(\C)Cc2cc(C)c(C)c(c2)N(C)C(=O)C[C@H](OC(=O)[C@H](C)N(C)C(=O)CCC(C)S)C(C)(C)[C@@H](C)[C@H](C)C2C[C@@]1(O)NC(=O)O2. The highest BCUT2D eigenvalue weighted by Gasteiger charge is 2.50. The van der Waals surface area contributed by atoms with E-state index in [1.165, 1.54) is 12.0 Å². The van der Waals surface area contributed by atoms with Crippen LogP contribution in [0.15, 0.2) is 35.9 Å². The zero-order chi connectivity index (χ0) is 39.3. The molecule has 3 rings (SSSR count). The number of rotatable bonds is 7. The van der Waals surface area contributed by atoms with Crippen LogP contribution in [0, 0.1) is 31.1 Å². The van der Waals surface area contributed by atoms with Gasteiger partial charge in [0.1, 0.15) is 24.4 Å². The molecule has 11 nitrogen and oxygen atoms in total. The maximum atomic E-state index is 14.3. The lowest BCUT2D eigenvalue weighted by Crippen LogP contribution is -2.63. The molecule has 0 aliphatic carbocycles. The van der Waals surface area contributed by atoms with Gasteiger partial charge in [0.2, 0.25) is 11.8 Å². The third-order valence-corrected chi connectivity index (χ3v) is 11.7. The van der Waals surface area contributed by atoms with E-state index in [9.17, 15) is 24.3 Å². The first-order chi connectivity index (χ1) is 24.1. The Morgan fingerprint density at radius 3 is 2.44 bits per heavy atom. The molecule has 1 aromatic rings. The molecule has 2 heterocycles. The monoisotopic (exact) mass is 743 g/mol. The van der Waals surface area contributed by atoms with Gasteiger partial charge >= 0.3 is 12.1 Å². The first kappa shape index (κ1) is 43.1. The molecule has 3 amide bonds. The number of ether oxygens (including phenoxy) is 3. The number of fused-ring (bicyclic) bond motifs is 4. The number of esters is 1. The molecule has 0 spiro atoms. The third-order valence-electron chi connectivity index (χ3n) is 11.5. The molecule has 2 N–H and O–H groups in total. The standard InChI is InChI=1S/C40H61N3O8S/c1-23-14-13-15-33(49-12)40(48)22-32(50-38(47)41-40)27(5)28(6)39(8,9)34(51-37(46)29(7)42(10)35(44)17-16-25(3)52)21-36(45)43(11)31-20-30(18-23)19-24(2)26(31)4/h13-15,19-20,25,27-29,32-34,48,52H,16-18,21-22H2,1-12H3,(H,41,47)/b15-13+,23-14+/t25?,27-,28-,29-,32?,33+,34-,40-/m0/s1. The molecule has 2 aliphatic heterocycles. The molecule has 0 saturated carbocycles. The molecule has 1 saturated heterocycles. The Bertz CT molecular complexity index is 1540. The molecule has 52 heavy (non-hydrogen) atoms. The summed E-state index contributed by atoms with van der Waals surface area (Å²) >= 11 is 4.37. The van der Waals surface area contributed by atoms with E-state index in [0.29, 0.717) is 12.8 Å². The fourth-order valence-corrected chi connectivity index (χ4v) is 7.15. The van der Waals surface area contributed by atoms with Gasteiger partial charge in [0.05, 0.1) is 6.42 Å². The minimum atomic E-state index is -1.77. The molecule has 2 aliphatic rings. The predicted molar refractivity (Wildman–Crippen MR) is 206 cm³/mol. The quantitative estimate of drug-likeness (QED) is 0.226. The van der Waals surface area contributed by atoms with E-state index in [1.807, 2.05) is 73.6 Å². The number of anilines is 1. The number of benzene rings is 1. The number of hydrogen-bond donors (Lipinski definition) is 3. The van der Waals surface area contributed by atoms with Crippen LogP contribution in [0.25, 0.3) is 0 Å². The normalized spacial score (nSPS) is 29.8. The van der Waals surface area contributed by atoms with Crippen LogP contribution in [0.5, 0.6) is 0 Å². The summed E-state index contributed by atoms with van der Waals surface area (Å²) in [7, 11) is 4.78. The van der Waals surface area contributed by atoms with Crippen molar-refractivity contribution in [2.75, 3.05) is 26.1 Å². The molecule has 0 aromatic heterocycles. The molecule has 4 bridgehead atoms. The third kappa shape index (κ3) is 10.2. The van der Waals surface area contributed by atoms with Crippen LogP contribution in [0.4, 0.5) is 10.5 Å². The average Bonchev–Trinajstić information content (AvgIpc) is 3.07. The molecule has 8 atom stereocenters. The van der Waals surface area contributed by atoms with Crippen molar-refractivity contribution < 1.29 is 38.5 Å². The first-order valence-electron chi connectivity index (χ1n) is 18.2. The molecule has 1 aromatic carbocycles. The van der Waals surface area contributed by atoms with E-state index in [0.717, 1.165) is 28.0 Å². The number of alkyl carbamates (subject to hydrolysis) is 1. The van der Waals surface area contributed by atoms with Gasteiger partial charge in [-0.3, -0.25) is 14.9 Å². The molecular weight excluding hydrogens is 683 g/mol. The zero-order valence-electron chi connectivity index (χ0n) is 33.1. The summed E-state index contributed by atoms with van der Waals surface area (Å²) in [6.45, 7) is 17.3. The summed E-state index contributed by atoms with van der Waals surface area (Å²) in [5.41, 5.74) is 2.17. The van der Waals surface area contributed by atoms with E-state index >= 15 is 0 Å². The number of aryl methyl sites for hydroxylation is 1. The van der Waals surface area contributed by atoms with Gasteiger partial charge in [-0.1, -0.05) is 64.5 Å². The zero-order valence-corrected chi connectivity index (χ0v) is 34.0. The highest BCUT2D eigenvalue weighted by molar-refractivity contribution is 7.80. The van der Waals surface area contributed by atoms with Gasteiger partial charge in [-0.2, -0.15) is 12.6 Å². The Hall–Kier alpha value is -3.35. The Kier molecular flexibility index (Phi) is 14.6. The topological polar surface area (TPSA) is 135 Å². The number of nitrogens with one attached hydrogen (secondary N) is 1. The lowest BCUT2D eigenvalue weighted by atomic mass is 9.66. The van der Waals surface area contributed by atoms with Gasteiger partial charge in [-0.25, -0.2) is 9.59 Å². The highest BCUT2D eigenvalue weighted by Crippen LogP contribution is 2.43. The van der Waals surface area contributed by atoms with Crippen molar-refractivity contribution in [3.63, 3.8) is 0 Å². The summed E-state index contributed by atoms with van der Waals surface area (Å²) in [6.07, 6.45) is 3.43. The van der Waals surface area contributed by atoms with Gasteiger partial charge in [0.15, 0.2) is 5.72 Å². The maximum absolute atomic E-state index is 14.3. The number of methoxy groups -OCH3 is 1. The summed E-state index contributed by atoms with van der Waals surface area (Å²) in [5, 5.41) is 14.4. The highest BCUT2D eigenvalue weighted by atomic mass is 32.1. The van der Waals surface area contributed by atoms with Crippen molar-refractivity contribution in [2.45, 2.75) is 130 Å². The number of carbonyl (C=O) groups excluding carboxylic acids is 4. The maximum Gasteiger partial charge on any atom is 0.409 e. The Balaban J connectivity index is 2.12. The second-order valence-corrected chi connectivity index (χ2v) is 16.5. The molecule has 1 fully saturated rings. The number of allylic oxidation sites excluding steroid dienone is 3. The Morgan fingerprint density at radius 2 is 1.83 bits per heavy atom. The average molecular weight is 744 g/mol. The van der Waals surface area contributed by atoms with E-state index < -0.39 is 47.6 Å². The van der Waals surface area contributed by atoms with E-state index in [-0.39, 0.29) is 48.2 Å². The van der Waals surface area contributed by atoms with Crippen molar-refractivity contribution in [1.29, 1.82) is 0 Å². The largest absolute Gasteiger partial charge is 0.460 e. The lowest BCUT2D eigenvalue weighted by Gasteiger charge is -2.47. The van der Waals surface area contributed by atoms with Crippen LogP contribution in [-0.2, 0) is 35.0 Å². The van der Waals surface area contributed by atoms with E-state index in [4.69, 9.17) is 14.2 Å². The number of hydrogen-bond acceptors (Lipinski definition) is 9.